The number of thiol groups is 1. The standard InChI is InChI=1S/C21H24N6OS.2C2H6.CH3NO/c29-21(5-6-21)17-13-19(27-9-11-28-12-10-27)26-20(25-17)15-1-3-16(4-2-15)24-14-18-22-7-8-23-18;2*1-2;2-1-3/h1-4,7-8,13,24,29H,5-6,9-12,14H2,(H,22,23);2*1-2H3;1H,(H2,2,3). The van der Waals surface area contributed by atoms with E-state index in [1.807, 2.05) is 33.9 Å². The van der Waals surface area contributed by atoms with Gasteiger partial charge in [-0.05, 0) is 37.1 Å². The Morgan fingerprint density at radius 3 is 2.33 bits per heavy atom. The summed E-state index contributed by atoms with van der Waals surface area (Å²) in [6, 6.07) is 10.3. The Kier molecular flexibility index (Phi) is 12.2. The Hall–Kier alpha value is -3.11. The average Bonchev–Trinajstić information content (AvgIpc) is 3.48. The summed E-state index contributed by atoms with van der Waals surface area (Å²) >= 11 is 4.85. The summed E-state index contributed by atoms with van der Waals surface area (Å²) in [6.45, 7) is 11.8. The van der Waals surface area contributed by atoms with E-state index < -0.39 is 0 Å². The van der Waals surface area contributed by atoms with Gasteiger partial charge < -0.3 is 25.7 Å². The number of hydrogen-bond donors (Lipinski definition) is 4. The van der Waals surface area contributed by atoms with Crippen LogP contribution in [0.4, 0.5) is 11.5 Å². The topological polar surface area (TPSA) is 122 Å². The Balaban J connectivity index is 0.000000596. The molecule has 0 radical (unpaired) electrons. The molecule has 0 spiro atoms. The number of aromatic amines is 1. The third kappa shape index (κ3) is 8.23. The fourth-order valence-electron chi connectivity index (χ4n) is 3.45. The van der Waals surface area contributed by atoms with Crippen LogP contribution in [0, 0.1) is 0 Å². The molecule has 3 heterocycles. The van der Waals surface area contributed by atoms with Crippen LogP contribution in [0.25, 0.3) is 11.4 Å². The highest BCUT2D eigenvalue weighted by Crippen LogP contribution is 2.51. The number of hydrogen-bond acceptors (Lipinski definition) is 8. The SMILES string of the molecule is CC.CC.NC=O.SC1(c2cc(N3CCOCC3)nc(-c3ccc(NCc4ncc[nH]4)cc3)n2)CC1. The van der Waals surface area contributed by atoms with Gasteiger partial charge in [0.2, 0.25) is 6.41 Å². The van der Waals surface area contributed by atoms with Crippen molar-refractivity contribution in [3.8, 4) is 11.4 Å². The number of carbonyl (C=O) groups is 1. The summed E-state index contributed by atoms with van der Waals surface area (Å²) < 4.78 is 5.39. The number of rotatable bonds is 6. The van der Waals surface area contributed by atoms with Gasteiger partial charge in [0.05, 0.1) is 30.2 Å². The molecule has 1 saturated carbocycles. The molecule has 1 aliphatic heterocycles. The second-order valence-electron chi connectivity index (χ2n) is 7.67. The molecule has 0 bridgehead atoms. The van der Waals surface area contributed by atoms with Crippen molar-refractivity contribution in [1.29, 1.82) is 0 Å². The Morgan fingerprint density at radius 1 is 1.14 bits per heavy atom. The highest BCUT2D eigenvalue weighted by atomic mass is 32.1. The Morgan fingerprint density at radius 2 is 1.78 bits per heavy atom. The number of aromatic nitrogens is 4. The second kappa shape index (κ2) is 15.1. The van der Waals surface area contributed by atoms with E-state index in [9.17, 15) is 0 Å². The van der Waals surface area contributed by atoms with Crippen molar-refractivity contribution in [2.24, 2.45) is 5.73 Å². The number of ether oxygens (including phenoxy) is 1. The van der Waals surface area contributed by atoms with Crippen molar-refractivity contribution in [3.63, 3.8) is 0 Å². The first kappa shape index (κ1) is 29.1. The molecule has 1 amide bonds. The molecule has 5 rings (SSSR count). The largest absolute Gasteiger partial charge is 0.378 e. The molecule has 2 fully saturated rings. The minimum Gasteiger partial charge on any atom is -0.378 e. The molecular weight excluding hydrogens is 474 g/mol. The molecule has 1 aromatic carbocycles. The van der Waals surface area contributed by atoms with Crippen molar-refractivity contribution < 1.29 is 9.53 Å². The fourth-order valence-corrected chi connectivity index (χ4v) is 3.67. The van der Waals surface area contributed by atoms with Gasteiger partial charge in [-0.25, -0.2) is 15.0 Å². The fraction of sp³-hybridized carbons (Fsp3) is 0.462. The van der Waals surface area contributed by atoms with Crippen molar-refractivity contribution in [3.05, 3.63) is 54.2 Å². The lowest BCUT2D eigenvalue weighted by Crippen LogP contribution is -2.37. The maximum Gasteiger partial charge on any atom is 0.204 e. The van der Waals surface area contributed by atoms with Crippen LogP contribution in [-0.2, 0) is 20.8 Å². The van der Waals surface area contributed by atoms with E-state index in [4.69, 9.17) is 32.1 Å². The summed E-state index contributed by atoms with van der Waals surface area (Å²) in [7, 11) is 0. The number of nitrogens with two attached hydrogens (primary N) is 1. The number of primary amides is 1. The molecular formula is C26H39N7O2S. The van der Waals surface area contributed by atoms with E-state index >= 15 is 0 Å². The lowest BCUT2D eigenvalue weighted by atomic mass is 10.1. The highest BCUT2D eigenvalue weighted by Gasteiger charge is 2.42. The summed E-state index contributed by atoms with van der Waals surface area (Å²) in [5.41, 5.74) is 7.22. The normalized spacial score (nSPS) is 15.1. The first-order valence-electron chi connectivity index (χ1n) is 12.5. The molecule has 196 valence electrons. The van der Waals surface area contributed by atoms with Crippen LogP contribution in [0.2, 0.25) is 0 Å². The summed E-state index contributed by atoms with van der Waals surface area (Å²) in [5.74, 6) is 2.62. The number of carbonyl (C=O) groups excluding carboxylic acids is 1. The van der Waals surface area contributed by atoms with Gasteiger partial charge >= 0.3 is 0 Å². The van der Waals surface area contributed by atoms with Gasteiger partial charge in [-0.3, -0.25) is 4.79 Å². The summed E-state index contributed by atoms with van der Waals surface area (Å²) in [4.78, 5) is 27.9. The number of morpholine rings is 1. The van der Waals surface area contributed by atoms with E-state index in [2.05, 4.69) is 56.3 Å². The van der Waals surface area contributed by atoms with Gasteiger partial charge in [0.25, 0.3) is 0 Å². The quantitative estimate of drug-likeness (QED) is 0.285. The lowest BCUT2D eigenvalue weighted by molar-refractivity contribution is -0.106. The molecule has 1 aliphatic carbocycles. The number of nitrogens with zero attached hydrogens (tertiary/aromatic N) is 4. The number of anilines is 2. The number of benzene rings is 1. The van der Waals surface area contributed by atoms with E-state index in [1.54, 1.807) is 6.20 Å². The van der Waals surface area contributed by atoms with E-state index in [0.29, 0.717) is 6.54 Å². The molecule has 4 N–H and O–H groups in total. The van der Waals surface area contributed by atoms with E-state index in [0.717, 1.165) is 73.6 Å². The molecule has 1 saturated heterocycles. The number of nitrogens with one attached hydrogen (secondary N) is 2. The van der Waals surface area contributed by atoms with Crippen LogP contribution in [-0.4, -0.2) is 52.6 Å². The van der Waals surface area contributed by atoms with Crippen molar-refractivity contribution in [2.45, 2.75) is 51.8 Å². The first-order valence-corrected chi connectivity index (χ1v) is 13.0. The van der Waals surface area contributed by atoms with Gasteiger partial charge in [0.15, 0.2) is 5.82 Å². The van der Waals surface area contributed by atoms with Gasteiger partial charge in [-0.1, -0.05) is 27.7 Å². The second-order valence-corrected chi connectivity index (χ2v) is 8.52. The molecule has 2 aliphatic rings. The van der Waals surface area contributed by atoms with Gasteiger partial charge in [0.1, 0.15) is 11.6 Å². The highest BCUT2D eigenvalue weighted by molar-refractivity contribution is 7.81. The predicted octanol–water partition coefficient (Wildman–Crippen LogP) is 4.39. The molecule has 36 heavy (non-hydrogen) atoms. The maximum absolute atomic E-state index is 8.58. The van der Waals surface area contributed by atoms with Crippen molar-refractivity contribution >= 4 is 30.5 Å². The zero-order valence-electron chi connectivity index (χ0n) is 21.7. The first-order chi connectivity index (χ1) is 17.6. The van der Waals surface area contributed by atoms with Crippen LogP contribution in [0.5, 0.6) is 0 Å². The van der Waals surface area contributed by atoms with Gasteiger partial charge in [0, 0.05) is 42.8 Å². The minimum absolute atomic E-state index is 0.108. The Bertz CT molecular complexity index is 1020. The number of H-pyrrole nitrogens is 1. The molecule has 0 atom stereocenters. The van der Waals surface area contributed by atoms with E-state index in [-0.39, 0.29) is 11.2 Å². The summed E-state index contributed by atoms with van der Waals surface area (Å²) in [6.07, 6.45) is 5.95. The zero-order valence-corrected chi connectivity index (χ0v) is 22.6. The molecule has 9 nitrogen and oxygen atoms in total. The smallest absolute Gasteiger partial charge is 0.204 e. The molecule has 0 unspecified atom stereocenters. The zero-order chi connectivity index (χ0) is 26.4. The van der Waals surface area contributed by atoms with Crippen molar-refractivity contribution in [1.82, 2.24) is 19.9 Å². The van der Waals surface area contributed by atoms with Gasteiger partial charge in [-0.15, -0.1) is 0 Å². The lowest BCUT2D eigenvalue weighted by Gasteiger charge is -2.28. The van der Waals surface area contributed by atoms with Crippen molar-refractivity contribution in [2.75, 3.05) is 36.5 Å². The molecule has 3 aromatic rings. The van der Waals surface area contributed by atoms with Crippen LogP contribution in [0.15, 0.2) is 42.7 Å². The van der Waals surface area contributed by atoms with E-state index in [1.165, 1.54) is 0 Å². The monoisotopic (exact) mass is 513 g/mol. The summed E-state index contributed by atoms with van der Waals surface area (Å²) in [5, 5.41) is 3.37. The number of imidazole rings is 1. The minimum atomic E-state index is -0.108. The van der Waals surface area contributed by atoms with Crippen LogP contribution in [0.3, 0.4) is 0 Å². The van der Waals surface area contributed by atoms with Crippen LogP contribution in [0.1, 0.15) is 52.1 Å². The molecule has 2 aromatic heterocycles. The third-order valence-electron chi connectivity index (χ3n) is 5.41. The van der Waals surface area contributed by atoms with Crippen LogP contribution >= 0.6 is 12.6 Å². The predicted molar refractivity (Wildman–Crippen MR) is 149 cm³/mol. The maximum atomic E-state index is 8.58. The molecule has 10 heteroatoms. The van der Waals surface area contributed by atoms with Crippen LogP contribution < -0.4 is 16.0 Å². The van der Waals surface area contributed by atoms with Gasteiger partial charge in [-0.2, -0.15) is 12.6 Å². The third-order valence-corrected chi connectivity index (χ3v) is 6.08. The Labute approximate surface area is 219 Å². The number of amides is 1. The average molecular weight is 514 g/mol.